The Balaban J connectivity index is 1.80. The third-order valence-electron chi connectivity index (χ3n) is 4.64. The summed E-state index contributed by atoms with van der Waals surface area (Å²) in [5, 5.41) is 0. The van der Waals surface area contributed by atoms with E-state index in [1.54, 1.807) is 6.92 Å². The monoisotopic (exact) mass is 285 g/mol. The highest BCUT2D eigenvalue weighted by Crippen LogP contribution is 2.31. The summed E-state index contributed by atoms with van der Waals surface area (Å²) in [7, 11) is 0. The molecule has 1 N–H and O–H groups in total. The number of carbonyl (C=O) groups excluding carboxylic acids is 1. The van der Waals surface area contributed by atoms with Crippen LogP contribution in [0.25, 0.3) is 11.0 Å². The average molecular weight is 285 g/mol. The van der Waals surface area contributed by atoms with Crippen molar-refractivity contribution in [2.45, 2.75) is 33.1 Å². The molecule has 2 heterocycles. The van der Waals surface area contributed by atoms with E-state index in [0.29, 0.717) is 24.0 Å². The minimum Gasteiger partial charge on any atom is -0.342 e. The molecular formula is C17H23N3O. The highest BCUT2D eigenvalue weighted by Gasteiger charge is 2.30. The minimum atomic E-state index is 0.296. The number of benzene rings is 1. The summed E-state index contributed by atoms with van der Waals surface area (Å²) in [6.45, 7) is 5.88. The number of ketones is 1. The molecule has 1 aliphatic rings. The van der Waals surface area contributed by atoms with Gasteiger partial charge in [0.25, 0.3) is 0 Å². The van der Waals surface area contributed by atoms with Gasteiger partial charge in [-0.05, 0) is 37.3 Å². The van der Waals surface area contributed by atoms with E-state index in [1.807, 2.05) is 18.2 Å². The minimum absolute atomic E-state index is 0.296. The summed E-state index contributed by atoms with van der Waals surface area (Å²) in [5.41, 5.74) is 2.08. The van der Waals surface area contributed by atoms with Crippen LogP contribution >= 0.6 is 0 Å². The van der Waals surface area contributed by atoms with Crippen LogP contribution < -0.4 is 4.90 Å². The van der Waals surface area contributed by atoms with Crippen LogP contribution in [-0.4, -0.2) is 28.8 Å². The first-order chi connectivity index (χ1) is 10.2. The second kappa shape index (κ2) is 5.88. The quantitative estimate of drug-likeness (QED) is 0.936. The molecule has 3 rings (SSSR count). The van der Waals surface area contributed by atoms with Gasteiger partial charge in [-0.25, -0.2) is 4.98 Å². The number of H-pyrrole nitrogens is 1. The lowest BCUT2D eigenvalue weighted by molar-refractivity contribution is -0.118. The van der Waals surface area contributed by atoms with Crippen molar-refractivity contribution in [2.24, 2.45) is 11.8 Å². The molecule has 1 aromatic carbocycles. The topological polar surface area (TPSA) is 49.0 Å². The van der Waals surface area contributed by atoms with Crippen molar-refractivity contribution in [1.29, 1.82) is 0 Å². The fourth-order valence-electron chi connectivity index (χ4n) is 3.50. The average Bonchev–Trinajstić information content (AvgIpc) is 2.90. The smallest absolute Gasteiger partial charge is 0.203 e. The summed E-state index contributed by atoms with van der Waals surface area (Å²) in [4.78, 5) is 21.9. The van der Waals surface area contributed by atoms with Crippen LogP contribution in [0.2, 0.25) is 0 Å². The van der Waals surface area contributed by atoms with E-state index < -0.39 is 0 Å². The summed E-state index contributed by atoms with van der Waals surface area (Å²) < 4.78 is 0. The number of hydrogen-bond donors (Lipinski definition) is 1. The molecule has 1 saturated heterocycles. The number of fused-ring (bicyclic) bond motifs is 1. The zero-order valence-electron chi connectivity index (χ0n) is 12.8. The Morgan fingerprint density at radius 2 is 2.19 bits per heavy atom. The highest BCUT2D eigenvalue weighted by atomic mass is 16.1. The van der Waals surface area contributed by atoms with Gasteiger partial charge in [0.05, 0.1) is 11.0 Å². The fourth-order valence-corrected chi connectivity index (χ4v) is 3.50. The predicted molar refractivity (Wildman–Crippen MR) is 85.5 cm³/mol. The van der Waals surface area contributed by atoms with Crippen LogP contribution in [0.3, 0.4) is 0 Å². The fraction of sp³-hybridized carbons (Fsp3) is 0.529. The van der Waals surface area contributed by atoms with E-state index in [2.05, 4.69) is 27.9 Å². The molecule has 0 bridgehead atoms. The number of Topliss-reactive ketones (excluding diaryl/α,β-unsaturated/α-hetero) is 1. The second-order valence-electron chi connectivity index (χ2n) is 6.15. The number of nitrogens with one attached hydrogen (secondary N) is 1. The Kier molecular flexibility index (Phi) is 3.95. The molecule has 1 aliphatic heterocycles. The van der Waals surface area contributed by atoms with Crippen molar-refractivity contribution < 1.29 is 4.79 Å². The van der Waals surface area contributed by atoms with E-state index in [1.165, 1.54) is 0 Å². The molecule has 0 radical (unpaired) electrons. The van der Waals surface area contributed by atoms with Crippen molar-refractivity contribution in [1.82, 2.24) is 9.97 Å². The number of nitrogens with zero attached hydrogens (tertiary/aromatic N) is 2. The van der Waals surface area contributed by atoms with Gasteiger partial charge in [-0.1, -0.05) is 25.5 Å². The largest absolute Gasteiger partial charge is 0.342 e. The molecule has 112 valence electrons. The standard InChI is InChI=1S/C17H23N3O/c1-3-13-8-9-20(11-14(13)10-12(2)21)17-18-15-6-4-5-7-16(15)19-17/h4-7,13-14H,3,8-11H2,1-2H3,(H,18,19). The van der Waals surface area contributed by atoms with E-state index in [9.17, 15) is 4.79 Å². The lowest BCUT2D eigenvalue weighted by atomic mass is 9.81. The molecule has 4 heteroatoms. The van der Waals surface area contributed by atoms with E-state index >= 15 is 0 Å². The number of carbonyl (C=O) groups is 1. The number of anilines is 1. The lowest BCUT2D eigenvalue weighted by Gasteiger charge is -2.38. The highest BCUT2D eigenvalue weighted by molar-refractivity contribution is 5.77. The first-order valence-corrected chi connectivity index (χ1v) is 7.86. The maximum absolute atomic E-state index is 11.5. The van der Waals surface area contributed by atoms with Crippen LogP contribution in [0.15, 0.2) is 24.3 Å². The first-order valence-electron chi connectivity index (χ1n) is 7.86. The third-order valence-corrected chi connectivity index (χ3v) is 4.64. The van der Waals surface area contributed by atoms with Crippen LogP contribution in [0, 0.1) is 11.8 Å². The number of para-hydroxylation sites is 2. The van der Waals surface area contributed by atoms with Crippen LogP contribution in [0.4, 0.5) is 5.95 Å². The van der Waals surface area contributed by atoms with Gasteiger partial charge in [0.15, 0.2) is 0 Å². The number of aromatic nitrogens is 2. The van der Waals surface area contributed by atoms with Crippen LogP contribution in [0.1, 0.15) is 33.1 Å². The van der Waals surface area contributed by atoms with Gasteiger partial charge in [0.1, 0.15) is 5.78 Å². The molecule has 2 aromatic rings. The summed E-state index contributed by atoms with van der Waals surface area (Å²) in [5.74, 6) is 2.35. The number of piperidine rings is 1. The molecule has 2 atom stereocenters. The van der Waals surface area contributed by atoms with Gasteiger partial charge in [0.2, 0.25) is 5.95 Å². The number of imidazole rings is 1. The normalized spacial score (nSPS) is 22.7. The molecule has 2 unspecified atom stereocenters. The Bertz CT molecular complexity index is 601. The molecule has 4 nitrogen and oxygen atoms in total. The van der Waals surface area contributed by atoms with Gasteiger partial charge in [-0.3, -0.25) is 0 Å². The van der Waals surface area contributed by atoms with Gasteiger partial charge >= 0.3 is 0 Å². The molecule has 0 amide bonds. The molecule has 1 aromatic heterocycles. The Labute approximate surface area is 125 Å². The number of hydrogen-bond acceptors (Lipinski definition) is 3. The Morgan fingerprint density at radius 3 is 2.90 bits per heavy atom. The molecule has 0 aliphatic carbocycles. The maximum atomic E-state index is 11.5. The zero-order valence-corrected chi connectivity index (χ0v) is 12.8. The first kappa shape index (κ1) is 14.1. The maximum Gasteiger partial charge on any atom is 0.203 e. The molecular weight excluding hydrogens is 262 g/mol. The Morgan fingerprint density at radius 1 is 1.38 bits per heavy atom. The Hall–Kier alpha value is -1.84. The van der Waals surface area contributed by atoms with Crippen LogP contribution in [-0.2, 0) is 4.79 Å². The molecule has 0 saturated carbocycles. The van der Waals surface area contributed by atoms with Crippen molar-refractivity contribution in [3.8, 4) is 0 Å². The summed E-state index contributed by atoms with van der Waals surface area (Å²) in [6, 6.07) is 8.11. The van der Waals surface area contributed by atoms with Crippen molar-refractivity contribution in [3.63, 3.8) is 0 Å². The second-order valence-corrected chi connectivity index (χ2v) is 6.15. The van der Waals surface area contributed by atoms with Gasteiger partial charge < -0.3 is 14.7 Å². The molecule has 1 fully saturated rings. The summed E-state index contributed by atoms with van der Waals surface area (Å²) in [6.07, 6.45) is 2.99. The molecule has 21 heavy (non-hydrogen) atoms. The lowest BCUT2D eigenvalue weighted by Crippen LogP contribution is -2.41. The van der Waals surface area contributed by atoms with E-state index in [0.717, 1.165) is 42.9 Å². The van der Waals surface area contributed by atoms with Crippen molar-refractivity contribution in [2.75, 3.05) is 18.0 Å². The number of rotatable bonds is 4. The van der Waals surface area contributed by atoms with Crippen molar-refractivity contribution in [3.05, 3.63) is 24.3 Å². The van der Waals surface area contributed by atoms with E-state index in [4.69, 9.17) is 0 Å². The SMILES string of the molecule is CCC1CCN(c2nc3ccccc3[nH]2)CC1CC(C)=O. The number of aromatic amines is 1. The van der Waals surface area contributed by atoms with Gasteiger partial charge in [-0.15, -0.1) is 0 Å². The van der Waals surface area contributed by atoms with Crippen molar-refractivity contribution >= 4 is 22.8 Å². The molecule has 0 spiro atoms. The van der Waals surface area contributed by atoms with Crippen LogP contribution in [0.5, 0.6) is 0 Å². The third kappa shape index (κ3) is 2.94. The summed E-state index contributed by atoms with van der Waals surface area (Å²) >= 11 is 0. The van der Waals surface area contributed by atoms with Gasteiger partial charge in [0, 0.05) is 19.5 Å². The van der Waals surface area contributed by atoms with Gasteiger partial charge in [-0.2, -0.15) is 0 Å². The van der Waals surface area contributed by atoms with E-state index in [-0.39, 0.29) is 0 Å². The zero-order chi connectivity index (χ0) is 14.8. The predicted octanol–water partition coefficient (Wildman–Crippen LogP) is 3.39.